The van der Waals surface area contributed by atoms with E-state index < -0.39 is 23.2 Å². The van der Waals surface area contributed by atoms with E-state index in [-0.39, 0.29) is 0 Å². The summed E-state index contributed by atoms with van der Waals surface area (Å²) in [6.45, 7) is 0.847. The summed E-state index contributed by atoms with van der Waals surface area (Å²) in [5, 5.41) is 11.9. The zero-order chi connectivity index (χ0) is 15.0. The molecule has 2 fully saturated rings. The number of carbonyl (C=O) groups is 3. The van der Waals surface area contributed by atoms with Gasteiger partial charge in [-0.15, -0.1) is 0 Å². The van der Waals surface area contributed by atoms with Crippen molar-refractivity contribution in [3.8, 4) is 0 Å². The van der Waals surface area contributed by atoms with Gasteiger partial charge in [0, 0.05) is 18.8 Å². The second kappa shape index (κ2) is 4.87. The number of nitrogens with one attached hydrogen (secondary N) is 1. The molecule has 0 bridgehead atoms. The average Bonchev–Trinajstić information content (AvgIpc) is 2.41. The number of rotatable bonds is 3. The van der Waals surface area contributed by atoms with Gasteiger partial charge < -0.3 is 15.3 Å². The van der Waals surface area contributed by atoms with Crippen LogP contribution in [0.15, 0.2) is 24.3 Å². The Balaban J connectivity index is 1.86. The van der Waals surface area contributed by atoms with Crippen LogP contribution in [0.4, 0.5) is 5.69 Å². The fraction of sp³-hybridized carbons (Fsp3) is 0.400. The first-order valence-corrected chi connectivity index (χ1v) is 6.98. The van der Waals surface area contributed by atoms with Crippen LogP contribution >= 0.6 is 0 Å². The molecule has 1 aromatic carbocycles. The van der Waals surface area contributed by atoms with E-state index >= 15 is 0 Å². The topological polar surface area (TPSA) is 86.7 Å². The summed E-state index contributed by atoms with van der Waals surface area (Å²) in [4.78, 5) is 36.1. The van der Waals surface area contributed by atoms with Crippen molar-refractivity contribution in [2.24, 2.45) is 0 Å². The third-order valence-corrected chi connectivity index (χ3v) is 4.41. The molecule has 6 nitrogen and oxygen atoms in total. The summed E-state index contributed by atoms with van der Waals surface area (Å²) in [5.74, 6) is -1.98. The minimum Gasteiger partial charge on any atom is -0.481 e. The van der Waals surface area contributed by atoms with E-state index in [0.717, 1.165) is 12.0 Å². The van der Waals surface area contributed by atoms with Crippen LogP contribution in [0.1, 0.15) is 24.8 Å². The maximum absolute atomic E-state index is 11.8. The monoisotopic (exact) mass is 288 g/mol. The number of carboxylic acids is 1. The van der Waals surface area contributed by atoms with Crippen LogP contribution < -0.4 is 10.2 Å². The van der Waals surface area contributed by atoms with Gasteiger partial charge in [-0.3, -0.25) is 14.4 Å². The fourth-order valence-electron chi connectivity index (χ4n) is 2.94. The molecule has 1 aromatic rings. The zero-order valence-corrected chi connectivity index (χ0v) is 11.5. The van der Waals surface area contributed by atoms with Gasteiger partial charge in [0.25, 0.3) is 0 Å². The summed E-state index contributed by atoms with van der Waals surface area (Å²) in [6, 6.07) is 6.94. The molecule has 1 aliphatic carbocycles. The summed E-state index contributed by atoms with van der Waals surface area (Å²) < 4.78 is 0. The molecule has 0 radical (unpaired) electrons. The maximum Gasteiger partial charge on any atom is 0.316 e. The summed E-state index contributed by atoms with van der Waals surface area (Å²) in [5.41, 5.74) is 0.610. The van der Waals surface area contributed by atoms with Gasteiger partial charge in [-0.05, 0) is 30.5 Å². The zero-order valence-electron chi connectivity index (χ0n) is 11.5. The standard InChI is InChI=1S/C15H16N2O4/c18-12-13(19)17(9-8-16-12)11-4-2-10(3-5-11)15(14(20)21)6-1-7-15/h2-5H,1,6-9H2,(H,16,18)(H,20,21). The molecule has 2 amide bonds. The highest BCUT2D eigenvalue weighted by atomic mass is 16.4. The number of anilines is 1. The average molecular weight is 288 g/mol. The number of aliphatic carboxylic acids is 1. The summed E-state index contributed by atoms with van der Waals surface area (Å²) in [7, 11) is 0. The second-order valence-corrected chi connectivity index (χ2v) is 5.50. The number of hydrogen-bond donors (Lipinski definition) is 2. The van der Waals surface area contributed by atoms with Crippen LogP contribution in [0.3, 0.4) is 0 Å². The van der Waals surface area contributed by atoms with Crippen molar-refractivity contribution in [1.29, 1.82) is 0 Å². The Kier molecular flexibility index (Phi) is 3.16. The summed E-state index contributed by atoms with van der Waals surface area (Å²) in [6.07, 6.45) is 2.21. The fourth-order valence-corrected chi connectivity index (χ4v) is 2.94. The molecule has 0 atom stereocenters. The van der Waals surface area contributed by atoms with Crippen molar-refractivity contribution in [3.63, 3.8) is 0 Å². The smallest absolute Gasteiger partial charge is 0.316 e. The molecule has 1 saturated heterocycles. The molecular formula is C15H16N2O4. The number of carbonyl (C=O) groups excluding carboxylic acids is 2. The van der Waals surface area contributed by atoms with E-state index in [1.807, 2.05) is 0 Å². The highest BCUT2D eigenvalue weighted by Gasteiger charge is 2.45. The number of hydrogen-bond acceptors (Lipinski definition) is 3. The van der Waals surface area contributed by atoms with Gasteiger partial charge in [-0.2, -0.15) is 0 Å². The van der Waals surface area contributed by atoms with Crippen LogP contribution in [-0.4, -0.2) is 36.0 Å². The van der Waals surface area contributed by atoms with Gasteiger partial charge in [-0.1, -0.05) is 18.6 Å². The van der Waals surface area contributed by atoms with Gasteiger partial charge >= 0.3 is 17.8 Å². The number of piperazine rings is 1. The number of carboxylic acid groups (broad SMARTS) is 1. The lowest BCUT2D eigenvalue weighted by Gasteiger charge is -2.38. The highest BCUT2D eigenvalue weighted by molar-refractivity contribution is 6.41. The first-order valence-electron chi connectivity index (χ1n) is 6.98. The van der Waals surface area contributed by atoms with Crippen LogP contribution in [-0.2, 0) is 19.8 Å². The molecule has 2 N–H and O–H groups in total. The van der Waals surface area contributed by atoms with E-state index in [9.17, 15) is 19.5 Å². The Morgan fingerprint density at radius 2 is 1.86 bits per heavy atom. The van der Waals surface area contributed by atoms with Crippen molar-refractivity contribution in [2.45, 2.75) is 24.7 Å². The Labute approximate surface area is 121 Å². The first-order chi connectivity index (χ1) is 10.0. The molecule has 3 rings (SSSR count). The second-order valence-electron chi connectivity index (χ2n) is 5.50. The molecule has 2 aliphatic rings. The molecule has 1 saturated carbocycles. The van der Waals surface area contributed by atoms with Crippen LogP contribution in [0.25, 0.3) is 0 Å². The van der Waals surface area contributed by atoms with E-state index in [1.165, 1.54) is 4.90 Å². The van der Waals surface area contributed by atoms with Crippen molar-refractivity contribution >= 4 is 23.5 Å². The molecule has 1 heterocycles. The molecule has 1 aliphatic heterocycles. The lowest BCUT2D eigenvalue weighted by molar-refractivity contribution is -0.147. The van der Waals surface area contributed by atoms with Gasteiger partial charge in [0.1, 0.15) is 0 Å². The van der Waals surface area contributed by atoms with Gasteiger partial charge in [0.05, 0.1) is 5.41 Å². The first kappa shape index (κ1) is 13.6. The Morgan fingerprint density at radius 3 is 2.38 bits per heavy atom. The van der Waals surface area contributed by atoms with Gasteiger partial charge in [0.15, 0.2) is 0 Å². The van der Waals surface area contributed by atoms with Crippen molar-refractivity contribution < 1.29 is 19.5 Å². The Hall–Kier alpha value is -2.37. The van der Waals surface area contributed by atoms with E-state index in [0.29, 0.717) is 31.6 Å². The number of benzene rings is 1. The SMILES string of the molecule is O=C1NCCN(c2ccc(C3(C(=O)O)CCC3)cc2)C1=O. The maximum atomic E-state index is 11.8. The predicted molar refractivity (Wildman–Crippen MR) is 75.0 cm³/mol. The Bertz CT molecular complexity index is 605. The van der Waals surface area contributed by atoms with E-state index in [1.54, 1.807) is 24.3 Å². The number of amides is 2. The molecular weight excluding hydrogens is 272 g/mol. The van der Waals surface area contributed by atoms with Gasteiger partial charge in [-0.25, -0.2) is 0 Å². The molecule has 6 heteroatoms. The Morgan fingerprint density at radius 1 is 1.19 bits per heavy atom. The lowest BCUT2D eigenvalue weighted by Crippen LogP contribution is -2.52. The third kappa shape index (κ3) is 2.07. The van der Waals surface area contributed by atoms with E-state index in [2.05, 4.69) is 5.32 Å². The van der Waals surface area contributed by atoms with Crippen LogP contribution in [0, 0.1) is 0 Å². The molecule has 0 unspecified atom stereocenters. The predicted octanol–water partition coefficient (Wildman–Crippen LogP) is 0.656. The molecule has 21 heavy (non-hydrogen) atoms. The van der Waals surface area contributed by atoms with Crippen molar-refractivity contribution in [3.05, 3.63) is 29.8 Å². The molecule has 110 valence electrons. The molecule has 0 spiro atoms. The highest BCUT2D eigenvalue weighted by Crippen LogP contribution is 2.44. The normalized spacial score (nSPS) is 20.7. The van der Waals surface area contributed by atoms with Crippen LogP contribution in [0.2, 0.25) is 0 Å². The van der Waals surface area contributed by atoms with Gasteiger partial charge in [0.2, 0.25) is 0 Å². The third-order valence-electron chi connectivity index (χ3n) is 4.41. The van der Waals surface area contributed by atoms with Crippen LogP contribution in [0.5, 0.6) is 0 Å². The molecule has 0 aromatic heterocycles. The largest absolute Gasteiger partial charge is 0.481 e. The lowest BCUT2D eigenvalue weighted by atomic mass is 9.64. The minimum absolute atomic E-state index is 0.422. The van der Waals surface area contributed by atoms with Crippen molar-refractivity contribution in [1.82, 2.24) is 5.32 Å². The summed E-state index contributed by atoms with van der Waals surface area (Å²) >= 11 is 0. The van der Waals surface area contributed by atoms with Crippen molar-refractivity contribution in [2.75, 3.05) is 18.0 Å². The van der Waals surface area contributed by atoms with E-state index in [4.69, 9.17) is 0 Å². The minimum atomic E-state index is -0.796. The quantitative estimate of drug-likeness (QED) is 0.800. The number of nitrogens with zero attached hydrogens (tertiary/aromatic N) is 1.